The van der Waals surface area contributed by atoms with Crippen molar-refractivity contribution in [2.75, 3.05) is 11.4 Å². The quantitative estimate of drug-likeness (QED) is 0.768. The first-order valence-electron chi connectivity index (χ1n) is 7.32. The Morgan fingerprint density at radius 3 is 1.86 bits per heavy atom. The van der Waals surface area contributed by atoms with Crippen molar-refractivity contribution in [2.24, 2.45) is 0 Å². The minimum atomic E-state index is 0.163. The topological polar surface area (TPSA) is 50.8 Å². The summed E-state index contributed by atoms with van der Waals surface area (Å²) < 4.78 is 0. The molecule has 0 atom stereocenters. The van der Waals surface area contributed by atoms with E-state index in [1.54, 1.807) is 0 Å². The third kappa shape index (κ3) is 2.05. The minimum absolute atomic E-state index is 0.163. The lowest BCUT2D eigenvalue weighted by molar-refractivity contribution is 0.879. The summed E-state index contributed by atoms with van der Waals surface area (Å²) in [6.45, 7) is 3.04. The van der Waals surface area contributed by atoms with Crippen LogP contribution < -0.4 is 4.90 Å². The Balaban J connectivity index is 2.38. The molecule has 1 heterocycles. The van der Waals surface area contributed by atoms with E-state index in [9.17, 15) is 10.5 Å². The summed E-state index contributed by atoms with van der Waals surface area (Å²) in [7, 11) is 0. The highest BCUT2D eigenvalue weighted by atomic mass is 15.1. The van der Waals surface area contributed by atoms with Crippen molar-refractivity contribution >= 4 is 16.9 Å². The molecule has 1 aliphatic rings. The van der Waals surface area contributed by atoms with Crippen LogP contribution in [0.25, 0.3) is 5.57 Å². The first-order chi connectivity index (χ1) is 10.8. The third-order valence-electron chi connectivity index (χ3n) is 3.85. The Bertz CT molecular complexity index is 769. The van der Waals surface area contributed by atoms with Gasteiger partial charge < -0.3 is 4.90 Å². The van der Waals surface area contributed by atoms with E-state index >= 15 is 0 Å². The first-order valence-corrected chi connectivity index (χ1v) is 7.32. The van der Waals surface area contributed by atoms with Gasteiger partial charge in [-0.25, -0.2) is 0 Å². The predicted molar refractivity (Wildman–Crippen MR) is 87.4 cm³/mol. The number of anilines is 2. The largest absolute Gasteiger partial charge is 0.340 e. The number of rotatable bonds is 2. The lowest BCUT2D eigenvalue weighted by atomic mass is 9.87. The molecule has 0 fully saturated rings. The lowest BCUT2D eigenvalue weighted by Gasteiger charge is -2.34. The van der Waals surface area contributed by atoms with Gasteiger partial charge in [0, 0.05) is 34.6 Å². The van der Waals surface area contributed by atoms with Crippen LogP contribution in [0.5, 0.6) is 0 Å². The highest BCUT2D eigenvalue weighted by Crippen LogP contribution is 2.45. The Morgan fingerprint density at radius 2 is 1.41 bits per heavy atom. The summed E-state index contributed by atoms with van der Waals surface area (Å²) >= 11 is 0. The molecule has 0 aliphatic carbocycles. The second-order valence-electron chi connectivity index (χ2n) is 5.16. The zero-order chi connectivity index (χ0) is 15.5. The van der Waals surface area contributed by atoms with Crippen molar-refractivity contribution in [3.8, 4) is 12.1 Å². The SMILES string of the molecule is CCCN1c2ccccc2C(=C(C#N)C#N)c2ccccc21. The van der Waals surface area contributed by atoms with Crippen LogP contribution in [0.15, 0.2) is 54.1 Å². The van der Waals surface area contributed by atoms with Gasteiger partial charge in [0.1, 0.15) is 17.7 Å². The van der Waals surface area contributed by atoms with Gasteiger partial charge in [-0.2, -0.15) is 10.5 Å². The molecule has 3 rings (SSSR count). The average Bonchev–Trinajstić information content (AvgIpc) is 2.58. The number of fused-ring (bicyclic) bond motifs is 2. The van der Waals surface area contributed by atoms with Crippen LogP contribution in [0.1, 0.15) is 24.5 Å². The normalized spacial score (nSPS) is 12.0. The van der Waals surface area contributed by atoms with E-state index in [4.69, 9.17) is 0 Å². The summed E-state index contributed by atoms with van der Waals surface area (Å²) in [6, 6.07) is 20.0. The Morgan fingerprint density at radius 1 is 0.909 bits per heavy atom. The number of benzene rings is 2. The molecule has 0 unspecified atom stereocenters. The molecule has 106 valence electrons. The van der Waals surface area contributed by atoms with Crippen molar-refractivity contribution in [3.05, 3.63) is 65.2 Å². The van der Waals surface area contributed by atoms with Gasteiger partial charge in [-0.05, 0) is 18.6 Å². The molecule has 0 spiro atoms. The molecule has 0 N–H and O–H groups in total. The van der Waals surface area contributed by atoms with Gasteiger partial charge in [-0.15, -0.1) is 0 Å². The maximum atomic E-state index is 9.35. The molecule has 3 nitrogen and oxygen atoms in total. The van der Waals surface area contributed by atoms with Crippen LogP contribution >= 0.6 is 0 Å². The van der Waals surface area contributed by atoms with E-state index in [-0.39, 0.29) is 5.57 Å². The van der Waals surface area contributed by atoms with Crippen molar-refractivity contribution < 1.29 is 0 Å². The summed E-state index contributed by atoms with van der Waals surface area (Å²) in [5.74, 6) is 0. The van der Waals surface area contributed by atoms with Crippen molar-refractivity contribution in [2.45, 2.75) is 13.3 Å². The number of para-hydroxylation sites is 2. The molecular weight excluding hydrogens is 270 g/mol. The van der Waals surface area contributed by atoms with E-state index < -0.39 is 0 Å². The molecule has 0 radical (unpaired) electrons. The van der Waals surface area contributed by atoms with E-state index in [2.05, 4.69) is 24.0 Å². The lowest BCUT2D eigenvalue weighted by Crippen LogP contribution is -2.24. The molecule has 22 heavy (non-hydrogen) atoms. The fourth-order valence-electron chi connectivity index (χ4n) is 2.99. The molecule has 0 amide bonds. The van der Waals surface area contributed by atoms with Crippen molar-refractivity contribution in [1.29, 1.82) is 10.5 Å². The fourth-order valence-corrected chi connectivity index (χ4v) is 2.99. The number of allylic oxidation sites excluding steroid dienone is 1. The Hall–Kier alpha value is -3.04. The van der Waals surface area contributed by atoms with Gasteiger partial charge in [-0.1, -0.05) is 43.3 Å². The maximum absolute atomic E-state index is 9.35. The smallest absolute Gasteiger partial charge is 0.138 e. The number of hydrogen-bond acceptors (Lipinski definition) is 3. The van der Waals surface area contributed by atoms with E-state index in [0.717, 1.165) is 41.0 Å². The predicted octanol–water partition coefficient (Wildman–Crippen LogP) is 4.40. The molecule has 2 aromatic carbocycles. The first kappa shape index (κ1) is 13.9. The van der Waals surface area contributed by atoms with Gasteiger partial charge in [0.2, 0.25) is 0 Å². The number of nitriles is 2. The second kappa shape index (κ2) is 5.76. The highest BCUT2D eigenvalue weighted by Gasteiger charge is 2.27. The fraction of sp³-hybridized carbons (Fsp3) is 0.158. The third-order valence-corrected chi connectivity index (χ3v) is 3.85. The van der Waals surface area contributed by atoms with Crippen molar-refractivity contribution in [1.82, 2.24) is 0 Å². The van der Waals surface area contributed by atoms with E-state index in [1.807, 2.05) is 48.5 Å². The molecular formula is C19H15N3. The zero-order valence-corrected chi connectivity index (χ0v) is 12.4. The standard InChI is InChI=1S/C19H15N3/c1-2-11-22-17-9-5-3-7-15(17)19(14(12-20)13-21)16-8-4-6-10-18(16)22/h3-10H,2,11H2,1H3. The second-order valence-corrected chi connectivity index (χ2v) is 5.16. The minimum Gasteiger partial charge on any atom is -0.340 e. The van der Waals surface area contributed by atoms with Gasteiger partial charge >= 0.3 is 0 Å². The van der Waals surface area contributed by atoms with Crippen molar-refractivity contribution in [3.63, 3.8) is 0 Å². The Kier molecular flexibility index (Phi) is 3.64. The number of hydrogen-bond donors (Lipinski definition) is 0. The summed E-state index contributed by atoms with van der Waals surface area (Å²) in [4.78, 5) is 2.26. The molecule has 2 aromatic rings. The number of nitrogens with zero attached hydrogens (tertiary/aromatic N) is 3. The summed E-state index contributed by atoms with van der Waals surface area (Å²) in [5, 5.41) is 18.7. The maximum Gasteiger partial charge on any atom is 0.138 e. The molecule has 0 bridgehead atoms. The van der Waals surface area contributed by atoms with Crippen LogP contribution in [0.2, 0.25) is 0 Å². The molecule has 3 heteroatoms. The summed E-state index contributed by atoms with van der Waals surface area (Å²) in [5.41, 5.74) is 4.92. The van der Waals surface area contributed by atoms with Gasteiger partial charge in [-0.3, -0.25) is 0 Å². The highest BCUT2D eigenvalue weighted by molar-refractivity contribution is 6.00. The van der Waals surface area contributed by atoms with Crippen LogP contribution in [-0.4, -0.2) is 6.54 Å². The molecule has 0 saturated carbocycles. The van der Waals surface area contributed by atoms with Gasteiger partial charge in [0.15, 0.2) is 0 Å². The van der Waals surface area contributed by atoms with Crippen LogP contribution in [0.4, 0.5) is 11.4 Å². The zero-order valence-electron chi connectivity index (χ0n) is 12.4. The molecule has 0 aromatic heterocycles. The average molecular weight is 285 g/mol. The van der Waals surface area contributed by atoms with Crippen LogP contribution in [-0.2, 0) is 0 Å². The van der Waals surface area contributed by atoms with Crippen LogP contribution in [0, 0.1) is 22.7 Å². The molecule has 0 saturated heterocycles. The van der Waals surface area contributed by atoms with Gasteiger partial charge in [0.25, 0.3) is 0 Å². The van der Waals surface area contributed by atoms with Crippen LogP contribution in [0.3, 0.4) is 0 Å². The monoisotopic (exact) mass is 285 g/mol. The van der Waals surface area contributed by atoms with E-state index in [1.165, 1.54) is 0 Å². The summed E-state index contributed by atoms with van der Waals surface area (Å²) in [6.07, 6.45) is 1.02. The van der Waals surface area contributed by atoms with E-state index in [0.29, 0.717) is 0 Å². The Labute approximate surface area is 130 Å². The van der Waals surface area contributed by atoms with Gasteiger partial charge in [0.05, 0.1) is 0 Å². The molecule has 1 aliphatic heterocycles.